The number of nitrogens with one attached hydrogen (secondary N) is 2. The number of benzene rings is 1. The number of nitrogens with zero attached hydrogens (tertiary/aromatic N) is 2. The van der Waals surface area contributed by atoms with Gasteiger partial charge in [-0.15, -0.1) is 0 Å². The smallest absolute Gasteiger partial charge is 0.245 e. The molecule has 1 aromatic carbocycles. The summed E-state index contributed by atoms with van der Waals surface area (Å²) in [5.74, 6) is -0.446. The largest absolute Gasteiger partial charge is 0.508 e. The zero-order valence-electron chi connectivity index (χ0n) is 9.96. The first-order valence-electron chi connectivity index (χ1n) is 5.59. The van der Waals surface area contributed by atoms with Gasteiger partial charge in [-0.3, -0.25) is 9.59 Å². The molecule has 19 heavy (non-hydrogen) atoms. The molecule has 0 radical (unpaired) electrons. The van der Waals surface area contributed by atoms with Crippen molar-refractivity contribution in [3.05, 3.63) is 29.8 Å². The lowest BCUT2D eigenvalue weighted by molar-refractivity contribution is -0.119. The molecule has 3 N–H and O–H groups in total. The number of rotatable bonds is 4. The van der Waals surface area contributed by atoms with Crippen LogP contribution in [0.1, 0.15) is 18.4 Å². The van der Waals surface area contributed by atoms with Crippen LogP contribution in [0.2, 0.25) is 0 Å². The van der Waals surface area contributed by atoms with Crippen molar-refractivity contribution in [3.63, 3.8) is 0 Å². The van der Waals surface area contributed by atoms with E-state index in [1.165, 1.54) is 18.3 Å². The maximum Gasteiger partial charge on any atom is 0.245 e. The van der Waals surface area contributed by atoms with Crippen molar-refractivity contribution in [3.8, 4) is 5.75 Å². The van der Waals surface area contributed by atoms with Crippen molar-refractivity contribution >= 4 is 23.7 Å². The van der Waals surface area contributed by atoms with Crippen LogP contribution in [0, 0.1) is 0 Å². The number of carbonyl (C=O) groups is 2. The standard InChI is InChI=1S/C12H12N4O3/c17-10-3-1-2-8(4-10)7-13-15-11(18)5-9-6-12(19)16-14-9/h1-4,7,17H,5-6H2,(H,15,18)(H,16,19). The second-order valence-corrected chi connectivity index (χ2v) is 3.95. The molecule has 0 bridgehead atoms. The van der Waals surface area contributed by atoms with E-state index in [0.29, 0.717) is 11.3 Å². The summed E-state index contributed by atoms with van der Waals surface area (Å²) in [6.07, 6.45) is 1.58. The normalized spacial score (nSPS) is 14.3. The average molecular weight is 260 g/mol. The number of amides is 2. The van der Waals surface area contributed by atoms with Crippen molar-refractivity contribution < 1.29 is 14.7 Å². The first kappa shape index (κ1) is 12.7. The molecule has 0 fully saturated rings. The summed E-state index contributed by atoms with van der Waals surface area (Å²) in [6.45, 7) is 0. The maximum atomic E-state index is 11.5. The fourth-order valence-corrected chi connectivity index (χ4v) is 1.52. The Bertz CT molecular complexity index is 566. The van der Waals surface area contributed by atoms with E-state index in [1.807, 2.05) is 0 Å². The summed E-state index contributed by atoms with van der Waals surface area (Å²) in [7, 11) is 0. The number of carbonyl (C=O) groups excluding carboxylic acids is 2. The van der Waals surface area contributed by atoms with Gasteiger partial charge >= 0.3 is 0 Å². The van der Waals surface area contributed by atoms with Crippen molar-refractivity contribution in [2.75, 3.05) is 0 Å². The van der Waals surface area contributed by atoms with Gasteiger partial charge in [0, 0.05) is 0 Å². The minimum absolute atomic E-state index is 0.0239. The van der Waals surface area contributed by atoms with Gasteiger partial charge in [0.1, 0.15) is 5.75 Å². The first-order chi connectivity index (χ1) is 9.13. The molecule has 1 aliphatic rings. The monoisotopic (exact) mass is 260 g/mol. The van der Waals surface area contributed by atoms with E-state index in [9.17, 15) is 14.7 Å². The third kappa shape index (κ3) is 3.91. The Kier molecular flexibility index (Phi) is 3.87. The second-order valence-electron chi connectivity index (χ2n) is 3.95. The van der Waals surface area contributed by atoms with Gasteiger partial charge in [-0.1, -0.05) is 12.1 Å². The van der Waals surface area contributed by atoms with Gasteiger partial charge in [0.25, 0.3) is 0 Å². The van der Waals surface area contributed by atoms with E-state index in [1.54, 1.807) is 12.1 Å². The fraction of sp³-hybridized carbons (Fsp3) is 0.167. The molecule has 0 unspecified atom stereocenters. The summed E-state index contributed by atoms with van der Waals surface area (Å²) >= 11 is 0. The highest BCUT2D eigenvalue weighted by molar-refractivity contribution is 6.11. The molecular formula is C12H12N4O3. The number of hydrazone groups is 2. The van der Waals surface area contributed by atoms with E-state index in [0.717, 1.165) is 0 Å². The van der Waals surface area contributed by atoms with Crippen LogP contribution in [-0.4, -0.2) is 28.8 Å². The number of phenols is 1. The van der Waals surface area contributed by atoms with Crippen LogP contribution in [0.3, 0.4) is 0 Å². The van der Waals surface area contributed by atoms with Gasteiger partial charge in [0.2, 0.25) is 11.8 Å². The summed E-state index contributed by atoms with van der Waals surface area (Å²) in [5, 5.41) is 16.7. The van der Waals surface area contributed by atoms with Crippen LogP contribution in [-0.2, 0) is 9.59 Å². The molecule has 1 aromatic rings. The molecule has 0 saturated carbocycles. The molecule has 0 aromatic heterocycles. The van der Waals surface area contributed by atoms with Crippen LogP contribution < -0.4 is 10.9 Å². The van der Waals surface area contributed by atoms with Gasteiger partial charge in [-0.05, 0) is 17.7 Å². The second kappa shape index (κ2) is 5.76. The Balaban J connectivity index is 1.82. The van der Waals surface area contributed by atoms with E-state index in [4.69, 9.17) is 0 Å². The summed E-state index contributed by atoms with van der Waals surface area (Å²) in [6, 6.07) is 6.46. The predicted octanol–water partition coefficient (Wildman–Crippen LogP) is 0.108. The van der Waals surface area contributed by atoms with Gasteiger partial charge in [-0.25, -0.2) is 10.9 Å². The molecule has 2 amide bonds. The molecule has 7 heteroatoms. The zero-order valence-corrected chi connectivity index (χ0v) is 9.96. The van der Waals surface area contributed by atoms with Crippen LogP contribution in [0.25, 0.3) is 0 Å². The highest BCUT2D eigenvalue weighted by Crippen LogP contribution is 2.08. The maximum absolute atomic E-state index is 11.5. The zero-order chi connectivity index (χ0) is 13.7. The average Bonchev–Trinajstić information content (AvgIpc) is 2.75. The van der Waals surface area contributed by atoms with Crippen molar-refractivity contribution in [2.24, 2.45) is 10.2 Å². The SMILES string of the molecule is O=C(CC1=NNC(=O)C1)NN=Cc1cccc(O)c1. The molecule has 0 atom stereocenters. The Hall–Kier alpha value is -2.70. The van der Waals surface area contributed by atoms with Gasteiger partial charge in [0.05, 0.1) is 24.8 Å². The highest BCUT2D eigenvalue weighted by atomic mass is 16.3. The Morgan fingerprint density at radius 3 is 3.11 bits per heavy atom. The number of phenolic OH excluding ortho intramolecular Hbond substituents is 1. The van der Waals surface area contributed by atoms with Crippen LogP contribution in [0.4, 0.5) is 0 Å². The van der Waals surface area contributed by atoms with Crippen LogP contribution in [0.5, 0.6) is 5.75 Å². The molecular weight excluding hydrogens is 248 g/mol. The first-order valence-corrected chi connectivity index (χ1v) is 5.59. The molecule has 1 heterocycles. The Labute approximate surface area is 109 Å². The predicted molar refractivity (Wildman–Crippen MR) is 68.7 cm³/mol. The molecule has 1 aliphatic heterocycles. The number of hydrogen-bond donors (Lipinski definition) is 3. The minimum Gasteiger partial charge on any atom is -0.508 e. The molecule has 0 saturated heterocycles. The highest BCUT2D eigenvalue weighted by Gasteiger charge is 2.16. The molecule has 98 valence electrons. The molecule has 2 rings (SSSR count). The summed E-state index contributed by atoms with van der Waals surface area (Å²) in [4.78, 5) is 22.3. The third-order valence-corrected chi connectivity index (χ3v) is 2.34. The van der Waals surface area contributed by atoms with Crippen LogP contribution >= 0.6 is 0 Å². The number of hydrogen-bond acceptors (Lipinski definition) is 5. The van der Waals surface area contributed by atoms with Crippen LogP contribution in [0.15, 0.2) is 34.5 Å². The summed E-state index contributed by atoms with van der Waals surface area (Å²) in [5.41, 5.74) is 5.73. The molecule has 0 spiro atoms. The van der Waals surface area contributed by atoms with Crippen molar-refractivity contribution in [1.82, 2.24) is 10.9 Å². The van der Waals surface area contributed by atoms with E-state index in [2.05, 4.69) is 21.1 Å². The van der Waals surface area contributed by atoms with Crippen molar-refractivity contribution in [2.45, 2.75) is 12.8 Å². The Morgan fingerprint density at radius 1 is 1.58 bits per heavy atom. The third-order valence-electron chi connectivity index (χ3n) is 2.34. The van der Waals surface area contributed by atoms with Gasteiger partial charge in [-0.2, -0.15) is 10.2 Å². The Morgan fingerprint density at radius 2 is 2.42 bits per heavy atom. The van der Waals surface area contributed by atoms with Gasteiger partial charge < -0.3 is 5.11 Å². The number of aromatic hydroxyl groups is 1. The quantitative estimate of drug-likeness (QED) is 0.528. The van der Waals surface area contributed by atoms with E-state index < -0.39 is 0 Å². The summed E-state index contributed by atoms with van der Waals surface area (Å²) < 4.78 is 0. The topological polar surface area (TPSA) is 103 Å². The van der Waals surface area contributed by atoms with Gasteiger partial charge in [0.15, 0.2) is 0 Å². The van der Waals surface area contributed by atoms with E-state index in [-0.39, 0.29) is 30.4 Å². The molecule has 0 aliphatic carbocycles. The fourth-order valence-electron chi connectivity index (χ4n) is 1.52. The lowest BCUT2D eigenvalue weighted by Gasteiger charge is -1.98. The lowest BCUT2D eigenvalue weighted by Crippen LogP contribution is -2.20. The molecule has 7 nitrogen and oxygen atoms in total. The van der Waals surface area contributed by atoms with Crippen molar-refractivity contribution in [1.29, 1.82) is 0 Å². The minimum atomic E-state index is -0.355. The van der Waals surface area contributed by atoms with E-state index >= 15 is 0 Å². The lowest BCUT2D eigenvalue weighted by atomic mass is 10.2.